The maximum atomic E-state index is 9.12. The Bertz CT molecular complexity index is 269. The maximum Gasteiger partial charge on any atom is 0.0552 e. The summed E-state index contributed by atoms with van der Waals surface area (Å²) in [7, 11) is 0. The van der Waals surface area contributed by atoms with Crippen molar-refractivity contribution in [3.05, 3.63) is 34.3 Å². The molecule has 0 bridgehead atoms. The van der Waals surface area contributed by atoms with Crippen LogP contribution in [0.4, 0.5) is 0 Å². The fourth-order valence-electron chi connectivity index (χ4n) is 1.10. The van der Waals surface area contributed by atoms with E-state index in [4.69, 9.17) is 16.7 Å². The molecular formula is C10H13ClO. The molecule has 1 atom stereocenters. The van der Waals surface area contributed by atoms with Gasteiger partial charge in [0.15, 0.2) is 0 Å². The van der Waals surface area contributed by atoms with Crippen LogP contribution in [0.1, 0.15) is 18.1 Å². The molecule has 0 heterocycles. The molecule has 2 heteroatoms. The Morgan fingerprint density at radius 3 is 2.67 bits per heavy atom. The third-order valence-electron chi connectivity index (χ3n) is 1.77. The van der Waals surface area contributed by atoms with Gasteiger partial charge in [-0.05, 0) is 37.5 Å². The topological polar surface area (TPSA) is 20.2 Å². The van der Waals surface area contributed by atoms with Crippen molar-refractivity contribution < 1.29 is 5.11 Å². The van der Waals surface area contributed by atoms with Crippen LogP contribution in [-0.2, 0) is 6.42 Å². The van der Waals surface area contributed by atoms with E-state index in [1.165, 1.54) is 0 Å². The summed E-state index contributed by atoms with van der Waals surface area (Å²) >= 11 is 5.92. The highest BCUT2D eigenvalue weighted by molar-refractivity contribution is 6.31. The van der Waals surface area contributed by atoms with Crippen molar-refractivity contribution in [2.24, 2.45) is 0 Å². The van der Waals surface area contributed by atoms with E-state index < -0.39 is 0 Å². The molecule has 66 valence electrons. The minimum absolute atomic E-state index is 0.302. The molecule has 0 spiro atoms. The minimum Gasteiger partial charge on any atom is -0.393 e. The van der Waals surface area contributed by atoms with E-state index >= 15 is 0 Å². The Morgan fingerprint density at radius 1 is 1.50 bits per heavy atom. The number of halogens is 1. The van der Waals surface area contributed by atoms with Gasteiger partial charge in [-0.25, -0.2) is 0 Å². The van der Waals surface area contributed by atoms with Gasteiger partial charge in [0.2, 0.25) is 0 Å². The summed E-state index contributed by atoms with van der Waals surface area (Å²) < 4.78 is 0. The zero-order chi connectivity index (χ0) is 9.14. The van der Waals surface area contributed by atoms with Gasteiger partial charge in [0.1, 0.15) is 0 Å². The van der Waals surface area contributed by atoms with Crippen molar-refractivity contribution in [1.29, 1.82) is 0 Å². The fraction of sp³-hybridized carbons (Fsp3) is 0.400. The van der Waals surface area contributed by atoms with Crippen LogP contribution in [-0.4, -0.2) is 11.2 Å². The molecule has 0 saturated carbocycles. The van der Waals surface area contributed by atoms with Gasteiger partial charge in [-0.2, -0.15) is 0 Å². The van der Waals surface area contributed by atoms with Crippen LogP contribution in [0.5, 0.6) is 0 Å². The number of aliphatic hydroxyl groups excluding tert-OH is 1. The first-order valence-electron chi connectivity index (χ1n) is 4.02. The van der Waals surface area contributed by atoms with Gasteiger partial charge in [0.05, 0.1) is 6.10 Å². The molecule has 0 fully saturated rings. The van der Waals surface area contributed by atoms with Crippen LogP contribution < -0.4 is 0 Å². The Kier molecular flexibility index (Phi) is 3.12. The molecule has 1 N–H and O–H groups in total. The van der Waals surface area contributed by atoms with E-state index in [1.54, 1.807) is 6.92 Å². The van der Waals surface area contributed by atoms with Crippen LogP contribution >= 0.6 is 11.6 Å². The summed E-state index contributed by atoms with van der Waals surface area (Å²) in [5.41, 5.74) is 2.16. The smallest absolute Gasteiger partial charge is 0.0552 e. The van der Waals surface area contributed by atoms with Crippen LogP contribution in [0.15, 0.2) is 18.2 Å². The predicted octanol–water partition coefficient (Wildman–Crippen LogP) is 2.57. The molecular weight excluding hydrogens is 172 g/mol. The van der Waals surface area contributed by atoms with Gasteiger partial charge in [0, 0.05) is 5.02 Å². The monoisotopic (exact) mass is 184 g/mol. The van der Waals surface area contributed by atoms with E-state index in [9.17, 15) is 0 Å². The number of aryl methyl sites for hydroxylation is 1. The first kappa shape index (κ1) is 9.56. The van der Waals surface area contributed by atoms with E-state index in [1.807, 2.05) is 25.1 Å². The molecule has 1 aromatic carbocycles. The predicted molar refractivity (Wildman–Crippen MR) is 51.6 cm³/mol. The second-order valence-corrected chi connectivity index (χ2v) is 3.54. The van der Waals surface area contributed by atoms with Crippen molar-refractivity contribution in [3.63, 3.8) is 0 Å². The number of hydrogen-bond acceptors (Lipinski definition) is 1. The van der Waals surface area contributed by atoms with Crippen molar-refractivity contribution in [3.8, 4) is 0 Å². The zero-order valence-electron chi connectivity index (χ0n) is 7.34. The van der Waals surface area contributed by atoms with E-state index in [0.29, 0.717) is 6.42 Å². The lowest BCUT2D eigenvalue weighted by Gasteiger charge is -2.05. The van der Waals surface area contributed by atoms with Gasteiger partial charge in [-0.1, -0.05) is 23.7 Å². The second-order valence-electron chi connectivity index (χ2n) is 3.14. The Balaban J connectivity index is 2.82. The van der Waals surface area contributed by atoms with Crippen molar-refractivity contribution in [1.82, 2.24) is 0 Å². The van der Waals surface area contributed by atoms with Gasteiger partial charge in [-0.3, -0.25) is 0 Å². The number of hydrogen-bond donors (Lipinski definition) is 1. The van der Waals surface area contributed by atoms with Gasteiger partial charge in [0.25, 0.3) is 0 Å². The molecule has 1 nitrogen and oxygen atoms in total. The molecule has 0 radical (unpaired) electrons. The molecule has 1 rings (SSSR count). The van der Waals surface area contributed by atoms with Crippen LogP contribution in [0, 0.1) is 6.92 Å². The van der Waals surface area contributed by atoms with Crippen molar-refractivity contribution >= 4 is 11.6 Å². The highest BCUT2D eigenvalue weighted by atomic mass is 35.5. The standard InChI is InChI=1S/C10H13ClO/c1-7-3-4-9(5-8(2)12)6-10(7)11/h3-4,6,8,12H,5H2,1-2H3. The third-order valence-corrected chi connectivity index (χ3v) is 2.17. The highest BCUT2D eigenvalue weighted by Crippen LogP contribution is 2.17. The quantitative estimate of drug-likeness (QED) is 0.749. The Labute approximate surface area is 78.0 Å². The maximum absolute atomic E-state index is 9.12. The summed E-state index contributed by atoms with van der Waals surface area (Å²) in [6.07, 6.45) is 0.365. The zero-order valence-corrected chi connectivity index (χ0v) is 8.10. The molecule has 0 aliphatic rings. The molecule has 0 saturated heterocycles. The SMILES string of the molecule is Cc1ccc(CC(C)O)cc1Cl. The fourth-order valence-corrected chi connectivity index (χ4v) is 1.31. The molecule has 1 unspecified atom stereocenters. The van der Waals surface area contributed by atoms with Gasteiger partial charge in [-0.15, -0.1) is 0 Å². The number of benzene rings is 1. The second kappa shape index (κ2) is 3.92. The first-order valence-corrected chi connectivity index (χ1v) is 4.40. The average Bonchev–Trinajstić information content (AvgIpc) is 1.96. The summed E-state index contributed by atoms with van der Waals surface area (Å²) in [6, 6.07) is 5.87. The van der Waals surface area contributed by atoms with Crippen LogP contribution in [0.3, 0.4) is 0 Å². The van der Waals surface area contributed by atoms with Crippen LogP contribution in [0.25, 0.3) is 0 Å². The third kappa shape index (κ3) is 2.50. The molecule has 0 aliphatic carbocycles. The molecule has 0 aromatic heterocycles. The van der Waals surface area contributed by atoms with Crippen molar-refractivity contribution in [2.75, 3.05) is 0 Å². The van der Waals surface area contributed by atoms with Crippen LogP contribution in [0.2, 0.25) is 5.02 Å². The molecule has 0 amide bonds. The lowest BCUT2D eigenvalue weighted by molar-refractivity contribution is 0.195. The Hall–Kier alpha value is -0.530. The van der Waals surface area contributed by atoms with E-state index in [0.717, 1.165) is 16.1 Å². The minimum atomic E-state index is -0.302. The van der Waals surface area contributed by atoms with Crippen molar-refractivity contribution in [2.45, 2.75) is 26.4 Å². The average molecular weight is 185 g/mol. The largest absolute Gasteiger partial charge is 0.393 e. The van der Waals surface area contributed by atoms with Gasteiger partial charge >= 0.3 is 0 Å². The molecule has 12 heavy (non-hydrogen) atoms. The normalized spacial score (nSPS) is 13.0. The Morgan fingerprint density at radius 2 is 2.17 bits per heavy atom. The van der Waals surface area contributed by atoms with E-state index in [-0.39, 0.29) is 6.10 Å². The first-order chi connectivity index (χ1) is 5.59. The highest BCUT2D eigenvalue weighted by Gasteiger charge is 2.00. The number of rotatable bonds is 2. The lowest BCUT2D eigenvalue weighted by atomic mass is 10.1. The van der Waals surface area contributed by atoms with Gasteiger partial charge < -0.3 is 5.11 Å². The molecule has 0 aliphatic heterocycles. The van der Waals surface area contributed by atoms with E-state index in [2.05, 4.69) is 0 Å². The summed E-state index contributed by atoms with van der Waals surface area (Å²) in [5, 5.41) is 9.89. The summed E-state index contributed by atoms with van der Waals surface area (Å²) in [5.74, 6) is 0. The summed E-state index contributed by atoms with van der Waals surface area (Å²) in [4.78, 5) is 0. The molecule has 1 aromatic rings. The lowest BCUT2D eigenvalue weighted by Crippen LogP contribution is -2.03. The number of aliphatic hydroxyl groups is 1. The summed E-state index contributed by atoms with van der Waals surface area (Å²) in [6.45, 7) is 3.74.